The molecule has 0 aliphatic rings. The van der Waals surface area contributed by atoms with E-state index in [2.05, 4.69) is 4.98 Å². The summed E-state index contributed by atoms with van der Waals surface area (Å²) >= 11 is 6.35. The van der Waals surface area contributed by atoms with Crippen molar-refractivity contribution in [2.24, 2.45) is 11.1 Å². The molecule has 0 aliphatic carbocycles. The highest BCUT2D eigenvalue weighted by Gasteiger charge is 2.30. The average molecular weight is 343 g/mol. The molecule has 2 rings (SSSR count). The van der Waals surface area contributed by atoms with Crippen LogP contribution < -0.4 is 5.14 Å². The molecule has 4 nitrogen and oxygen atoms in total. The Morgan fingerprint density at radius 2 is 1.77 bits per heavy atom. The Kier molecular flexibility index (Phi) is 4.84. The molecule has 0 bridgehead atoms. The van der Waals surface area contributed by atoms with Crippen molar-refractivity contribution in [1.29, 1.82) is 0 Å². The number of hydrogen-bond acceptors (Lipinski definition) is 3. The summed E-state index contributed by atoms with van der Waals surface area (Å²) in [6.45, 7) is 3.51. The summed E-state index contributed by atoms with van der Waals surface area (Å²) in [5.74, 6) is -0.628. The zero-order chi connectivity index (χ0) is 16.5. The molecule has 1 aromatic carbocycles. The number of pyridine rings is 1. The summed E-state index contributed by atoms with van der Waals surface area (Å²) in [6.07, 6.45) is 1.47. The fourth-order valence-electron chi connectivity index (χ4n) is 2.40. The van der Waals surface area contributed by atoms with E-state index in [0.717, 1.165) is 0 Å². The topological polar surface area (TPSA) is 73.0 Å². The van der Waals surface area contributed by atoms with Crippen molar-refractivity contribution in [3.63, 3.8) is 0 Å². The van der Waals surface area contributed by atoms with E-state index in [0.29, 0.717) is 16.8 Å². The van der Waals surface area contributed by atoms with Crippen molar-refractivity contribution in [3.8, 4) is 11.3 Å². The number of halogens is 2. The number of nitrogens with zero attached hydrogens (tertiary/aromatic N) is 1. The van der Waals surface area contributed by atoms with Gasteiger partial charge in [0.1, 0.15) is 11.1 Å². The lowest BCUT2D eigenvalue weighted by molar-refractivity contribution is 0.541. The maximum Gasteiger partial charge on any atom is 0.216 e. The molecule has 22 heavy (non-hydrogen) atoms. The summed E-state index contributed by atoms with van der Waals surface area (Å²) in [6, 6.07) is 7.20. The van der Waals surface area contributed by atoms with Gasteiger partial charge in [-0.1, -0.05) is 25.4 Å². The molecule has 0 radical (unpaired) electrons. The molecule has 2 N–H and O–H groups in total. The molecule has 1 aromatic heterocycles. The van der Waals surface area contributed by atoms with Crippen LogP contribution in [0, 0.1) is 11.7 Å². The lowest BCUT2D eigenvalue weighted by Gasteiger charge is -2.21. The van der Waals surface area contributed by atoms with E-state index in [9.17, 15) is 12.8 Å². The SMILES string of the molecule is CC(C)C(c1ccnc(-c2ccc(F)cc2)c1Cl)S(N)(=O)=O. The first-order valence-corrected chi connectivity index (χ1v) is 8.62. The largest absolute Gasteiger partial charge is 0.255 e. The Morgan fingerprint density at radius 3 is 2.27 bits per heavy atom. The van der Waals surface area contributed by atoms with E-state index in [1.807, 2.05) is 0 Å². The average Bonchev–Trinajstić information content (AvgIpc) is 2.40. The Bertz CT molecular complexity index is 777. The van der Waals surface area contributed by atoms with Gasteiger partial charge in [0, 0.05) is 11.8 Å². The zero-order valence-electron chi connectivity index (χ0n) is 12.1. The Morgan fingerprint density at radius 1 is 1.18 bits per heavy atom. The molecule has 2 aromatic rings. The molecule has 118 valence electrons. The van der Waals surface area contributed by atoms with Crippen LogP contribution in [-0.2, 0) is 10.0 Å². The Hall–Kier alpha value is -1.50. The van der Waals surface area contributed by atoms with Crippen molar-refractivity contribution in [3.05, 3.63) is 52.9 Å². The van der Waals surface area contributed by atoms with E-state index in [1.165, 1.54) is 30.5 Å². The van der Waals surface area contributed by atoms with E-state index in [4.69, 9.17) is 16.7 Å². The van der Waals surface area contributed by atoms with Gasteiger partial charge in [-0.05, 0) is 41.8 Å². The molecule has 0 aliphatic heterocycles. The van der Waals surface area contributed by atoms with Crippen LogP contribution in [-0.4, -0.2) is 13.4 Å². The van der Waals surface area contributed by atoms with Crippen LogP contribution >= 0.6 is 11.6 Å². The highest BCUT2D eigenvalue weighted by Crippen LogP contribution is 2.37. The lowest BCUT2D eigenvalue weighted by Crippen LogP contribution is -2.26. The van der Waals surface area contributed by atoms with Crippen molar-refractivity contribution in [1.82, 2.24) is 4.98 Å². The quantitative estimate of drug-likeness (QED) is 0.923. The van der Waals surface area contributed by atoms with Gasteiger partial charge in [-0.25, -0.2) is 17.9 Å². The van der Waals surface area contributed by atoms with Gasteiger partial charge in [-0.3, -0.25) is 4.98 Å². The third kappa shape index (κ3) is 3.45. The van der Waals surface area contributed by atoms with Crippen LogP contribution in [0.1, 0.15) is 24.7 Å². The van der Waals surface area contributed by atoms with Gasteiger partial charge in [-0.15, -0.1) is 0 Å². The van der Waals surface area contributed by atoms with Crippen LogP contribution in [0.4, 0.5) is 4.39 Å². The van der Waals surface area contributed by atoms with Gasteiger partial charge in [0.2, 0.25) is 10.0 Å². The summed E-state index contributed by atoms with van der Waals surface area (Å²) in [4.78, 5) is 4.17. The second kappa shape index (κ2) is 6.32. The first-order chi connectivity index (χ1) is 10.2. The summed E-state index contributed by atoms with van der Waals surface area (Å²) < 4.78 is 36.8. The van der Waals surface area contributed by atoms with Crippen molar-refractivity contribution in [2.75, 3.05) is 0 Å². The molecule has 0 fully saturated rings. The van der Waals surface area contributed by atoms with Gasteiger partial charge < -0.3 is 0 Å². The minimum absolute atomic E-state index is 0.210. The van der Waals surface area contributed by atoms with Gasteiger partial charge in [0.25, 0.3) is 0 Å². The Labute approximate surface area is 134 Å². The third-order valence-corrected chi connectivity index (χ3v) is 5.21. The van der Waals surface area contributed by atoms with E-state index in [1.54, 1.807) is 19.9 Å². The van der Waals surface area contributed by atoms with Crippen LogP contribution in [0.2, 0.25) is 5.02 Å². The van der Waals surface area contributed by atoms with Crippen molar-refractivity contribution < 1.29 is 12.8 Å². The van der Waals surface area contributed by atoms with E-state index >= 15 is 0 Å². The van der Waals surface area contributed by atoms with Gasteiger partial charge >= 0.3 is 0 Å². The number of nitrogens with two attached hydrogens (primary N) is 1. The smallest absolute Gasteiger partial charge is 0.216 e. The van der Waals surface area contributed by atoms with Crippen LogP contribution in [0.25, 0.3) is 11.3 Å². The second-order valence-electron chi connectivity index (χ2n) is 5.32. The fraction of sp³-hybridized carbons (Fsp3) is 0.267. The number of hydrogen-bond donors (Lipinski definition) is 1. The maximum absolute atomic E-state index is 13.0. The predicted molar refractivity (Wildman–Crippen MR) is 85.3 cm³/mol. The molecule has 1 heterocycles. The van der Waals surface area contributed by atoms with E-state index < -0.39 is 15.3 Å². The van der Waals surface area contributed by atoms with Crippen molar-refractivity contribution in [2.45, 2.75) is 19.1 Å². The highest BCUT2D eigenvalue weighted by molar-refractivity contribution is 7.89. The highest BCUT2D eigenvalue weighted by atomic mass is 35.5. The van der Waals surface area contributed by atoms with Crippen molar-refractivity contribution >= 4 is 21.6 Å². The molecule has 1 unspecified atom stereocenters. The monoisotopic (exact) mass is 342 g/mol. The zero-order valence-corrected chi connectivity index (χ0v) is 13.7. The molecule has 7 heteroatoms. The standard InChI is InChI=1S/C15H16ClFN2O2S/c1-9(2)15(22(18,20)21)12-7-8-19-14(13(12)16)10-3-5-11(17)6-4-10/h3-9,15H,1-2H3,(H2,18,20,21). The molecule has 0 amide bonds. The summed E-state index contributed by atoms with van der Waals surface area (Å²) in [5, 5.41) is 4.62. The minimum atomic E-state index is -3.82. The minimum Gasteiger partial charge on any atom is -0.255 e. The predicted octanol–water partition coefficient (Wildman–Crippen LogP) is 3.53. The third-order valence-electron chi connectivity index (χ3n) is 3.30. The van der Waals surface area contributed by atoms with E-state index in [-0.39, 0.29) is 16.8 Å². The first-order valence-electron chi connectivity index (χ1n) is 6.63. The van der Waals surface area contributed by atoms with Gasteiger partial charge in [0.15, 0.2) is 0 Å². The first kappa shape index (κ1) is 16.9. The molecular weight excluding hydrogens is 327 g/mol. The molecule has 0 saturated carbocycles. The van der Waals surface area contributed by atoms with Crippen LogP contribution in [0.3, 0.4) is 0 Å². The lowest BCUT2D eigenvalue weighted by atomic mass is 10.0. The number of primary sulfonamides is 1. The summed E-state index contributed by atoms with van der Waals surface area (Å²) in [7, 11) is -3.82. The molecular formula is C15H16ClFN2O2S. The van der Waals surface area contributed by atoms with Gasteiger partial charge in [0.05, 0.1) is 10.7 Å². The Balaban J connectivity index is 2.61. The number of rotatable bonds is 4. The fourth-order valence-corrected chi connectivity index (χ4v) is 4.12. The molecule has 1 atom stereocenters. The number of sulfonamides is 1. The van der Waals surface area contributed by atoms with Crippen LogP contribution in [0.15, 0.2) is 36.5 Å². The van der Waals surface area contributed by atoms with Gasteiger partial charge in [-0.2, -0.15) is 0 Å². The summed E-state index contributed by atoms with van der Waals surface area (Å²) in [5.41, 5.74) is 1.40. The van der Waals surface area contributed by atoms with Crippen LogP contribution in [0.5, 0.6) is 0 Å². The normalized spacial score (nSPS) is 13.4. The number of benzene rings is 1. The maximum atomic E-state index is 13.0. The molecule has 0 spiro atoms. The second-order valence-corrected chi connectivity index (χ2v) is 7.39. The molecule has 0 saturated heterocycles. The number of aromatic nitrogens is 1.